The van der Waals surface area contributed by atoms with Crippen LogP contribution < -0.4 is 4.74 Å². The van der Waals surface area contributed by atoms with Crippen molar-refractivity contribution >= 4 is 0 Å². The summed E-state index contributed by atoms with van der Waals surface area (Å²) in [5.74, 6) is 0.737. The lowest BCUT2D eigenvalue weighted by atomic mass is 9.99. The average Bonchev–Trinajstić information content (AvgIpc) is 2.49. The molecule has 4 heteroatoms. The van der Waals surface area contributed by atoms with Gasteiger partial charge in [0.25, 0.3) is 0 Å². The van der Waals surface area contributed by atoms with Gasteiger partial charge in [-0.15, -0.1) is 0 Å². The highest BCUT2D eigenvalue weighted by atomic mass is 16.5. The molecule has 0 saturated carbocycles. The van der Waals surface area contributed by atoms with Crippen molar-refractivity contribution in [1.29, 1.82) is 0 Å². The molecule has 1 heterocycles. The minimum atomic E-state index is -0.750. The minimum absolute atomic E-state index is 0.447. The molecule has 19 heavy (non-hydrogen) atoms. The van der Waals surface area contributed by atoms with Gasteiger partial charge < -0.3 is 14.6 Å². The SMILES string of the molecule is COc1cccc(C(OC)C(O)c2ccncc2)c1. The number of methoxy groups -OCH3 is 2. The summed E-state index contributed by atoms with van der Waals surface area (Å²) in [4.78, 5) is 3.94. The maximum atomic E-state index is 10.4. The summed E-state index contributed by atoms with van der Waals surface area (Å²) in [6.07, 6.45) is 2.10. The van der Waals surface area contributed by atoms with Crippen LogP contribution in [0.1, 0.15) is 23.3 Å². The third-order valence-electron chi connectivity index (χ3n) is 3.01. The van der Waals surface area contributed by atoms with Crippen LogP contribution in [0.3, 0.4) is 0 Å². The molecule has 0 radical (unpaired) electrons. The quantitative estimate of drug-likeness (QED) is 0.896. The molecule has 4 nitrogen and oxygen atoms in total. The van der Waals surface area contributed by atoms with E-state index in [4.69, 9.17) is 9.47 Å². The van der Waals surface area contributed by atoms with Crippen molar-refractivity contribution in [2.75, 3.05) is 14.2 Å². The Balaban J connectivity index is 2.28. The summed E-state index contributed by atoms with van der Waals surface area (Å²) < 4.78 is 10.6. The number of ether oxygens (including phenoxy) is 2. The zero-order valence-electron chi connectivity index (χ0n) is 11.0. The lowest BCUT2D eigenvalue weighted by Gasteiger charge is -2.22. The highest BCUT2D eigenvalue weighted by molar-refractivity contribution is 5.31. The zero-order chi connectivity index (χ0) is 13.7. The van der Waals surface area contributed by atoms with E-state index in [2.05, 4.69) is 4.98 Å². The van der Waals surface area contributed by atoms with Crippen LogP contribution in [-0.2, 0) is 4.74 Å². The summed E-state index contributed by atoms with van der Waals surface area (Å²) in [5.41, 5.74) is 1.64. The van der Waals surface area contributed by atoms with Gasteiger partial charge in [-0.2, -0.15) is 0 Å². The van der Waals surface area contributed by atoms with Crippen LogP contribution in [0.15, 0.2) is 48.8 Å². The molecule has 0 aliphatic carbocycles. The van der Waals surface area contributed by atoms with Gasteiger partial charge in [0, 0.05) is 19.5 Å². The molecule has 0 bridgehead atoms. The van der Waals surface area contributed by atoms with Gasteiger partial charge in [0.05, 0.1) is 7.11 Å². The fourth-order valence-corrected chi connectivity index (χ4v) is 2.00. The monoisotopic (exact) mass is 259 g/mol. The fraction of sp³-hybridized carbons (Fsp3) is 0.267. The number of nitrogens with zero attached hydrogens (tertiary/aromatic N) is 1. The Bertz CT molecular complexity index is 516. The lowest BCUT2D eigenvalue weighted by Crippen LogP contribution is -2.13. The molecule has 1 aromatic heterocycles. The van der Waals surface area contributed by atoms with Crippen molar-refractivity contribution < 1.29 is 14.6 Å². The predicted octanol–water partition coefficient (Wildman–Crippen LogP) is 2.51. The second kappa shape index (κ2) is 6.31. The van der Waals surface area contributed by atoms with E-state index in [-0.39, 0.29) is 0 Å². The third kappa shape index (κ3) is 3.10. The molecular formula is C15H17NO3. The summed E-state index contributed by atoms with van der Waals surface area (Å²) in [7, 11) is 3.19. The van der Waals surface area contributed by atoms with Gasteiger partial charge in [-0.1, -0.05) is 12.1 Å². The summed E-state index contributed by atoms with van der Waals surface area (Å²) >= 11 is 0. The molecule has 0 amide bonds. The molecule has 2 rings (SSSR count). The Morgan fingerprint density at radius 1 is 1.05 bits per heavy atom. The highest BCUT2D eigenvalue weighted by Crippen LogP contribution is 2.32. The number of rotatable bonds is 5. The number of aliphatic hydroxyl groups is 1. The second-order valence-corrected chi connectivity index (χ2v) is 4.16. The van der Waals surface area contributed by atoms with Crippen LogP contribution in [-0.4, -0.2) is 24.3 Å². The molecule has 100 valence electrons. The summed E-state index contributed by atoms with van der Waals surface area (Å²) in [6.45, 7) is 0. The van der Waals surface area contributed by atoms with Crippen LogP contribution >= 0.6 is 0 Å². The smallest absolute Gasteiger partial charge is 0.119 e. The first-order valence-corrected chi connectivity index (χ1v) is 6.01. The average molecular weight is 259 g/mol. The first-order valence-electron chi connectivity index (χ1n) is 6.01. The van der Waals surface area contributed by atoms with Gasteiger partial charge in [0.1, 0.15) is 18.0 Å². The van der Waals surface area contributed by atoms with E-state index in [9.17, 15) is 5.11 Å². The Morgan fingerprint density at radius 3 is 2.42 bits per heavy atom. The molecule has 1 aromatic carbocycles. The fourth-order valence-electron chi connectivity index (χ4n) is 2.00. The Kier molecular flexibility index (Phi) is 4.49. The van der Waals surface area contributed by atoms with E-state index in [0.717, 1.165) is 16.9 Å². The van der Waals surface area contributed by atoms with Crippen LogP contribution in [0.25, 0.3) is 0 Å². The zero-order valence-corrected chi connectivity index (χ0v) is 11.0. The molecule has 2 aromatic rings. The number of benzene rings is 1. The standard InChI is InChI=1S/C15H17NO3/c1-18-13-5-3-4-12(10-13)15(19-2)14(17)11-6-8-16-9-7-11/h3-10,14-15,17H,1-2H3. The van der Waals surface area contributed by atoms with E-state index < -0.39 is 12.2 Å². The summed E-state index contributed by atoms with van der Waals surface area (Å²) in [6, 6.07) is 11.0. The second-order valence-electron chi connectivity index (χ2n) is 4.16. The lowest BCUT2D eigenvalue weighted by molar-refractivity contribution is -0.0150. The maximum Gasteiger partial charge on any atom is 0.119 e. The van der Waals surface area contributed by atoms with Crippen molar-refractivity contribution in [3.05, 3.63) is 59.9 Å². The molecule has 2 atom stereocenters. The van der Waals surface area contributed by atoms with Crippen molar-refractivity contribution in [1.82, 2.24) is 4.98 Å². The maximum absolute atomic E-state index is 10.4. The third-order valence-corrected chi connectivity index (χ3v) is 3.01. The first-order chi connectivity index (χ1) is 9.26. The van der Waals surface area contributed by atoms with Crippen molar-refractivity contribution in [3.8, 4) is 5.75 Å². The molecule has 2 unspecified atom stereocenters. The molecule has 1 N–H and O–H groups in total. The molecule has 0 saturated heterocycles. The minimum Gasteiger partial charge on any atom is -0.497 e. The number of hydrogen-bond donors (Lipinski definition) is 1. The van der Waals surface area contributed by atoms with Crippen molar-refractivity contribution in [2.45, 2.75) is 12.2 Å². The van der Waals surface area contributed by atoms with E-state index in [1.165, 1.54) is 0 Å². The Morgan fingerprint density at radius 2 is 1.79 bits per heavy atom. The van der Waals surface area contributed by atoms with Crippen molar-refractivity contribution in [3.63, 3.8) is 0 Å². The molecule has 0 spiro atoms. The molecule has 0 fully saturated rings. The van der Waals surface area contributed by atoms with E-state index in [1.807, 2.05) is 24.3 Å². The van der Waals surface area contributed by atoms with Crippen LogP contribution in [0.5, 0.6) is 5.75 Å². The number of hydrogen-bond acceptors (Lipinski definition) is 4. The predicted molar refractivity (Wildman–Crippen MR) is 71.9 cm³/mol. The van der Waals surface area contributed by atoms with Gasteiger partial charge in [-0.3, -0.25) is 4.98 Å². The molecule has 0 aliphatic heterocycles. The molecular weight excluding hydrogens is 242 g/mol. The topological polar surface area (TPSA) is 51.6 Å². The van der Waals surface area contributed by atoms with Gasteiger partial charge in [-0.25, -0.2) is 0 Å². The molecule has 0 aliphatic rings. The number of aromatic nitrogens is 1. The number of aliphatic hydroxyl groups excluding tert-OH is 1. The van der Waals surface area contributed by atoms with E-state index >= 15 is 0 Å². The van der Waals surface area contributed by atoms with Gasteiger partial charge in [-0.05, 0) is 35.4 Å². The van der Waals surface area contributed by atoms with Crippen LogP contribution in [0, 0.1) is 0 Å². The van der Waals surface area contributed by atoms with Gasteiger partial charge in [0.2, 0.25) is 0 Å². The van der Waals surface area contributed by atoms with E-state index in [0.29, 0.717) is 0 Å². The van der Waals surface area contributed by atoms with Crippen LogP contribution in [0.4, 0.5) is 0 Å². The van der Waals surface area contributed by atoms with E-state index in [1.54, 1.807) is 38.7 Å². The highest BCUT2D eigenvalue weighted by Gasteiger charge is 2.22. The Labute approximate surface area is 112 Å². The Hall–Kier alpha value is -1.91. The largest absolute Gasteiger partial charge is 0.497 e. The first kappa shape index (κ1) is 13.5. The van der Waals surface area contributed by atoms with Crippen molar-refractivity contribution in [2.24, 2.45) is 0 Å². The van der Waals surface area contributed by atoms with Gasteiger partial charge in [0.15, 0.2) is 0 Å². The normalized spacial score (nSPS) is 13.8. The van der Waals surface area contributed by atoms with Crippen LogP contribution in [0.2, 0.25) is 0 Å². The van der Waals surface area contributed by atoms with Gasteiger partial charge >= 0.3 is 0 Å². The number of pyridine rings is 1. The summed E-state index contributed by atoms with van der Waals surface area (Å²) in [5, 5.41) is 10.4.